The number of aliphatic hydroxyl groups is 1. The summed E-state index contributed by atoms with van der Waals surface area (Å²) in [4.78, 5) is 34.3. The smallest absolute Gasteiger partial charge is 0.295 e. The maximum Gasteiger partial charge on any atom is 0.295 e. The Bertz CT molecular complexity index is 1240. The van der Waals surface area contributed by atoms with Gasteiger partial charge in [-0.1, -0.05) is 50.1 Å². The average molecular weight is 505 g/mol. The minimum absolute atomic E-state index is 0.0233. The standard InChI is InChI=1S/C27H32N6O4/c1-17-15-31(12-13-32(17)20(4)21-10-8-7-9-11-21)27(36)25(35)19(3)23-22(37-6)14-30-26(24(23)28)33(29-5)18(2)16-34/h7-11,14,17,34H,2-5,12-13,15-16,28H2,1,6H3/t17-/m1/s1. The lowest BCUT2D eigenvalue weighted by Gasteiger charge is -2.42. The SMILES string of the molecule is C=NN(C(=C)CO)c1ncc(OC)c(C(=C)C(=O)C(=O)N2CCN(C(=C)c3ccccc3)[C@H](C)C2)c1N. The third kappa shape index (κ3) is 5.39. The summed E-state index contributed by atoms with van der Waals surface area (Å²) in [7, 11) is 1.38. The Morgan fingerprint density at radius 2 is 1.92 bits per heavy atom. The van der Waals surface area contributed by atoms with Crippen molar-refractivity contribution in [2.24, 2.45) is 5.10 Å². The van der Waals surface area contributed by atoms with Crippen LogP contribution in [-0.4, -0.2) is 77.7 Å². The van der Waals surface area contributed by atoms with Crippen molar-refractivity contribution in [2.45, 2.75) is 13.0 Å². The number of Topliss-reactive ketones (excluding diaryl/α,β-unsaturated/α-hetero) is 1. The molecule has 1 amide bonds. The molecule has 1 fully saturated rings. The van der Waals surface area contributed by atoms with Gasteiger partial charge in [0.25, 0.3) is 11.7 Å². The molecule has 37 heavy (non-hydrogen) atoms. The van der Waals surface area contributed by atoms with Gasteiger partial charge in [-0.2, -0.15) is 5.10 Å². The van der Waals surface area contributed by atoms with Crippen molar-refractivity contribution in [3.63, 3.8) is 0 Å². The van der Waals surface area contributed by atoms with Crippen LogP contribution in [0.3, 0.4) is 0 Å². The second kappa shape index (κ2) is 11.5. The van der Waals surface area contributed by atoms with E-state index >= 15 is 0 Å². The summed E-state index contributed by atoms with van der Waals surface area (Å²) < 4.78 is 5.34. The van der Waals surface area contributed by atoms with Crippen molar-refractivity contribution in [3.05, 3.63) is 73.1 Å². The summed E-state index contributed by atoms with van der Waals surface area (Å²) in [6.45, 7) is 18.0. The first-order valence-electron chi connectivity index (χ1n) is 11.6. The van der Waals surface area contributed by atoms with Crippen molar-refractivity contribution < 1.29 is 19.4 Å². The van der Waals surface area contributed by atoms with E-state index in [2.05, 4.69) is 41.4 Å². The van der Waals surface area contributed by atoms with Crippen molar-refractivity contribution in [1.82, 2.24) is 14.8 Å². The van der Waals surface area contributed by atoms with Crippen LogP contribution >= 0.6 is 0 Å². The maximum absolute atomic E-state index is 13.3. The topological polar surface area (TPSA) is 125 Å². The number of rotatable bonds is 10. The summed E-state index contributed by atoms with van der Waals surface area (Å²) in [6.07, 6.45) is 1.32. The van der Waals surface area contributed by atoms with Gasteiger partial charge in [0.2, 0.25) is 0 Å². The second-order valence-corrected chi connectivity index (χ2v) is 8.53. The fourth-order valence-corrected chi connectivity index (χ4v) is 4.24. The van der Waals surface area contributed by atoms with Crippen LogP contribution in [0.2, 0.25) is 0 Å². The number of hydrogen-bond acceptors (Lipinski definition) is 9. The van der Waals surface area contributed by atoms with Gasteiger partial charge < -0.3 is 25.4 Å². The molecule has 2 heterocycles. The molecule has 1 aliphatic heterocycles. The lowest BCUT2D eigenvalue weighted by atomic mass is 9.99. The minimum Gasteiger partial charge on any atom is -0.494 e. The summed E-state index contributed by atoms with van der Waals surface area (Å²) in [5, 5.41) is 14.4. The molecule has 0 bridgehead atoms. The van der Waals surface area contributed by atoms with Gasteiger partial charge in [0.15, 0.2) is 5.82 Å². The van der Waals surface area contributed by atoms with E-state index in [1.807, 2.05) is 37.3 Å². The molecular weight excluding hydrogens is 472 g/mol. The number of ether oxygens (including phenoxy) is 1. The molecule has 2 aromatic rings. The zero-order valence-corrected chi connectivity index (χ0v) is 21.2. The number of methoxy groups -OCH3 is 1. The molecule has 3 rings (SSSR count). The third-order valence-corrected chi connectivity index (χ3v) is 6.24. The fraction of sp³-hybridized carbons (Fsp3) is 0.259. The van der Waals surface area contributed by atoms with E-state index in [1.165, 1.54) is 18.2 Å². The number of hydrazone groups is 1. The molecule has 0 unspecified atom stereocenters. The van der Waals surface area contributed by atoms with Gasteiger partial charge >= 0.3 is 0 Å². The van der Waals surface area contributed by atoms with E-state index in [9.17, 15) is 14.7 Å². The first-order valence-corrected chi connectivity index (χ1v) is 11.6. The molecule has 1 aromatic heterocycles. The Labute approximate surface area is 216 Å². The number of carbonyl (C=O) groups excluding carboxylic acids is 2. The maximum atomic E-state index is 13.3. The quantitative estimate of drug-likeness (QED) is 0.219. The van der Waals surface area contributed by atoms with E-state index in [0.717, 1.165) is 16.3 Å². The van der Waals surface area contributed by atoms with Gasteiger partial charge in [-0.25, -0.2) is 9.99 Å². The van der Waals surface area contributed by atoms with Gasteiger partial charge in [-0.15, -0.1) is 0 Å². The molecule has 3 N–H and O–H groups in total. The monoisotopic (exact) mass is 504 g/mol. The highest BCUT2D eigenvalue weighted by molar-refractivity contribution is 6.53. The number of ketones is 1. The highest BCUT2D eigenvalue weighted by atomic mass is 16.5. The second-order valence-electron chi connectivity index (χ2n) is 8.53. The highest BCUT2D eigenvalue weighted by Gasteiger charge is 2.34. The van der Waals surface area contributed by atoms with E-state index in [4.69, 9.17) is 10.5 Å². The largest absolute Gasteiger partial charge is 0.494 e. The zero-order chi connectivity index (χ0) is 27.3. The highest BCUT2D eigenvalue weighted by Crippen LogP contribution is 2.37. The molecule has 1 aromatic carbocycles. The summed E-state index contributed by atoms with van der Waals surface area (Å²) in [5.74, 6) is -1.29. The van der Waals surface area contributed by atoms with Gasteiger partial charge in [0.1, 0.15) is 5.75 Å². The number of benzene rings is 1. The van der Waals surface area contributed by atoms with Crippen LogP contribution in [0.1, 0.15) is 18.1 Å². The fourth-order valence-electron chi connectivity index (χ4n) is 4.24. The zero-order valence-electron chi connectivity index (χ0n) is 21.2. The summed E-state index contributed by atoms with van der Waals surface area (Å²) in [5.41, 5.74) is 8.28. The van der Waals surface area contributed by atoms with E-state index in [1.54, 1.807) is 0 Å². The van der Waals surface area contributed by atoms with Gasteiger partial charge in [-0.3, -0.25) is 9.59 Å². The van der Waals surface area contributed by atoms with Crippen LogP contribution < -0.4 is 15.5 Å². The predicted molar refractivity (Wildman–Crippen MR) is 146 cm³/mol. The molecular formula is C27H32N6O4. The molecule has 194 valence electrons. The number of piperazine rings is 1. The average Bonchev–Trinajstić information content (AvgIpc) is 2.92. The van der Waals surface area contributed by atoms with Crippen LogP contribution in [0, 0.1) is 0 Å². The number of carbonyl (C=O) groups is 2. The van der Waals surface area contributed by atoms with E-state index in [-0.39, 0.29) is 40.1 Å². The molecule has 0 saturated carbocycles. The number of nitrogens with two attached hydrogens (primary N) is 1. The molecule has 10 nitrogen and oxygen atoms in total. The Hall–Kier alpha value is -4.44. The number of anilines is 2. The molecule has 1 atom stereocenters. The minimum atomic E-state index is -0.816. The van der Waals surface area contributed by atoms with Crippen molar-refractivity contribution in [2.75, 3.05) is 44.1 Å². The summed E-state index contributed by atoms with van der Waals surface area (Å²) in [6, 6.07) is 9.75. The molecule has 1 aliphatic rings. The number of nitrogens with zero attached hydrogens (tertiary/aromatic N) is 5. The Kier molecular flexibility index (Phi) is 8.46. The van der Waals surface area contributed by atoms with E-state index < -0.39 is 18.3 Å². The van der Waals surface area contributed by atoms with E-state index in [0.29, 0.717) is 19.6 Å². The molecule has 10 heteroatoms. The van der Waals surface area contributed by atoms with Crippen LogP contribution in [0.15, 0.2) is 67.1 Å². The van der Waals surface area contributed by atoms with Crippen LogP contribution in [0.5, 0.6) is 5.75 Å². The number of aromatic nitrogens is 1. The van der Waals surface area contributed by atoms with Crippen molar-refractivity contribution in [1.29, 1.82) is 0 Å². The predicted octanol–water partition coefficient (Wildman–Crippen LogP) is 2.39. The van der Waals surface area contributed by atoms with Gasteiger partial charge in [0, 0.05) is 43.7 Å². The van der Waals surface area contributed by atoms with Crippen LogP contribution in [0.4, 0.5) is 11.5 Å². The summed E-state index contributed by atoms with van der Waals surface area (Å²) >= 11 is 0. The van der Waals surface area contributed by atoms with Crippen LogP contribution in [0.25, 0.3) is 11.3 Å². The Morgan fingerprint density at radius 1 is 1.24 bits per heavy atom. The third-order valence-electron chi connectivity index (χ3n) is 6.24. The number of nitrogen functional groups attached to an aromatic ring is 1. The molecule has 0 radical (unpaired) electrons. The molecule has 0 aliphatic carbocycles. The lowest BCUT2D eigenvalue weighted by molar-refractivity contribution is -0.143. The Morgan fingerprint density at radius 3 is 2.49 bits per heavy atom. The number of aliphatic hydroxyl groups excluding tert-OH is 1. The number of hydrogen-bond donors (Lipinski definition) is 2. The van der Waals surface area contributed by atoms with Gasteiger partial charge in [0.05, 0.1) is 36.9 Å². The van der Waals surface area contributed by atoms with Crippen molar-refractivity contribution >= 4 is 41.2 Å². The Balaban J connectivity index is 1.82. The number of pyridine rings is 1. The first kappa shape index (κ1) is 27.2. The lowest BCUT2D eigenvalue weighted by Crippen LogP contribution is -2.54. The normalized spacial score (nSPS) is 15.1. The van der Waals surface area contributed by atoms with Gasteiger partial charge in [-0.05, 0) is 12.5 Å². The molecule has 0 spiro atoms. The molecule has 1 saturated heterocycles. The number of amides is 1. The van der Waals surface area contributed by atoms with Crippen molar-refractivity contribution in [3.8, 4) is 5.75 Å². The van der Waals surface area contributed by atoms with Crippen LogP contribution in [-0.2, 0) is 9.59 Å². The first-order chi connectivity index (χ1) is 17.7.